The first-order chi connectivity index (χ1) is 11.3. The Hall–Kier alpha value is -2.70. The lowest BCUT2D eigenvalue weighted by atomic mass is 9.94. The highest BCUT2D eigenvalue weighted by molar-refractivity contribution is 5.99. The summed E-state index contributed by atoms with van der Waals surface area (Å²) < 4.78 is 9.92. The summed E-state index contributed by atoms with van der Waals surface area (Å²) in [6, 6.07) is 3.54. The van der Waals surface area contributed by atoms with E-state index in [0.29, 0.717) is 12.8 Å². The molecule has 0 radical (unpaired) electrons. The van der Waals surface area contributed by atoms with E-state index in [0.717, 1.165) is 12.8 Å². The van der Waals surface area contributed by atoms with Gasteiger partial charge in [-0.25, -0.2) is 0 Å². The number of benzene rings is 1. The molecular weight excluding hydrogens is 314 g/mol. The molecule has 1 aliphatic rings. The Morgan fingerprint density at radius 1 is 1.00 bits per heavy atom. The summed E-state index contributed by atoms with van der Waals surface area (Å²) in [4.78, 5) is 46.4. The van der Waals surface area contributed by atoms with E-state index >= 15 is 0 Å². The minimum Gasteiger partial charge on any atom is -0.427 e. The van der Waals surface area contributed by atoms with Crippen LogP contribution in [0.3, 0.4) is 0 Å². The monoisotopic (exact) mass is 333 g/mol. The first-order valence-corrected chi connectivity index (χ1v) is 7.70. The number of carbonyl (C=O) groups excluding carboxylic acids is 4. The number of amides is 1. The summed E-state index contributed by atoms with van der Waals surface area (Å²) in [5.74, 6) is -1.45. The van der Waals surface area contributed by atoms with Crippen molar-refractivity contribution in [1.29, 1.82) is 0 Å². The van der Waals surface area contributed by atoms with Crippen LogP contribution in [0.25, 0.3) is 0 Å². The minimum atomic E-state index is -0.566. The van der Waals surface area contributed by atoms with Gasteiger partial charge < -0.3 is 14.8 Å². The zero-order chi connectivity index (χ0) is 17.7. The molecular formula is C17H19NO6. The molecule has 7 nitrogen and oxygen atoms in total. The van der Waals surface area contributed by atoms with E-state index in [1.165, 1.54) is 32.0 Å². The van der Waals surface area contributed by atoms with Gasteiger partial charge >= 0.3 is 11.9 Å². The second-order valence-corrected chi connectivity index (χ2v) is 5.62. The van der Waals surface area contributed by atoms with Crippen molar-refractivity contribution >= 4 is 23.6 Å². The summed E-state index contributed by atoms with van der Waals surface area (Å²) in [6.07, 6.45) is 2.77. The predicted octanol–water partition coefficient (Wildman–Crippen LogP) is 1.78. The number of Topliss-reactive ketones (excluding diaryl/α,β-unsaturated/α-hetero) is 1. The lowest BCUT2D eigenvalue weighted by molar-refractivity contribution is -0.132. The van der Waals surface area contributed by atoms with Crippen LogP contribution in [0.1, 0.15) is 49.9 Å². The van der Waals surface area contributed by atoms with Crippen LogP contribution in [0.5, 0.6) is 11.5 Å². The summed E-state index contributed by atoms with van der Waals surface area (Å²) in [6.45, 7) is 2.44. The highest BCUT2D eigenvalue weighted by Gasteiger charge is 2.24. The van der Waals surface area contributed by atoms with Crippen LogP contribution >= 0.6 is 0 Å². The Bertz CT molecular complexity index is 647. The molecule has 1 aliphatic carbocycles. The van der Waals surface area contributed by atoms with Gasteiger partial charge in [0.1, 0.15) is 11.5 Å². The number of esters is 2. The maximum absolute atomic E-state index is 12.4. The van der Waals surface area contributed by atoms with E-state index in [1.807, 2.05) is 0 Å². The number of hydrogen-bond acceptors (Lipinski definition) is 6. The average Bonchev–Trinajstić information content (AvgIpc) is 2.48. The van der Waals surface area contributed by atoms with Gasteiger partial charge in [-0.1, -0.05) is 6.42 Å². The van der Waals surface area contributed by atoms with Crippen LogP contribution in [0.4, 0.5) is 0 Å². The van der Waals surface area contributed by atoms with Gasteiger partial charge in [0.15, 0.2) is 5.78 Å². The summed E-state index contributed by atoms with van der Waals surface area (Å²) in [5, 5.41) is 2.68. The molecule has 1 aromatic carbocycles. The normalized spacial score (nSPS) is 17.1. The standard InChI is InChI=1S/C17H19NO6/c1-10(19)23-13-7-12(8-14(9-13)24-11(2)20)17(22)18-15-5-3-4-6-16(15)21/h7-9,15H,3-6H2,1-2H3,(H,18,22). The number of rotatable bonds is 4. The van der Waals surface area contributed by atoms with Gasteiger partial charge in [-0.15, -0.1) is 0 Å². The zero-order valence-corrected chi connectivity index (χ0v) is 13.6. The SMILES string of the molecule is CC(=O)Oc1cc(OC(C)=O)cc(C(=O)NC2CCCCC2=O)c1. The van der Waals surface area contributed by atoms with Crippen molar-refractivity contribution in [2.45, 2.75) is 45.6 Å². The molecule has 1 aromatic rings. The number of nitrogens with one attached hydrogen (secondary N) is 1. The Balaban J connectivity index is 2.22. The largest absolute Gasteiger partial charge is 0.427 e. The molecule has 2 rings (SSSR count). The predicted molar refractivity (Wildman–Crippen MR) is 83.8 cm³/mol. The summed E-state index contributed by atoms with van der Waals surface area (Å²) in [5.41, 5.74) is 0.142. The van der Waals surface area contributed by atoms with E-state index in [-0.39, 0.29) is 22.8 Å². The number of hydrogen-bond donors (Lipinski definition) is 1. The molecule has 1 fully saturated rings. The molecule has 7 heteroatoms. The van der Waals surface area contributed by atoms with E-state index < -0.39 is 23.9 Å². The summed E-state index contributed by atoms with van der Waals surface area (Å²) in [7, 11) is 0. The molecule has 0 heterocycles. The topological polar surface area (TPSA) is 98.8 Å². The fourth-order valence-corrected chi connectivity index (χ4v) is 2.53. The highest BCUT2D eigenvalue weighted by atomic mass is 16.5. The molecule has 24 heavy (non-hydrogen) atoms. The third-order valence-corrected chi connectivity index (χ3v) is 3.53. The molecule has 1 atom stereocenters. The van der Waals surface area contributed by atoms with Crippen molar-refractivity contribution in [3.8, 4) is 11.5 Å². The van der Waals surface area contributed by atoms with Gasteiger partial charge in [-0.3, -0.25) is 19.2 Å². The van der Waals surface area contributed by atoms with Gasteiger partial charge in [-0.05, 0) is 25.0 Å². The Morgan fingerprint density at radius 2 is 1.58 bits per heavy atom. The molecule has 1 unspecified atom stereocenters. The van der Waals surface area contributed by atoms with Gasteiger partial charge in [0.2, 0.25) is 0 Å². The molecule has 1 amide bonds. The van der Waals surface area contributed by atoms with Crippen molar-refractivity contribution in [1.82, 2.24) is 5.32 Å². The lowest BCUT2D eigenvalue weighted by Gasteiger charge is -2.21. The van der Waals surface area contributed by atoms with E-state index in [9.17, 15) is 19.2 Å². The summed E-state index contributed by atoms with van der Waals surface area (Å²) >= 11 is 0. The molecule has 0 spiro atoms. The van der Waals surface area contributed by atoms with Crippen molar-refractivity contribution in [2.75, 3.05) is 0 Å². The Morgan fingerprint density at radius 3 is 2.08 bits per heavy atom. The van der Waals surface area contributed by atoms with Crippen molar-refractivity contribution in [2.24, 2.45) is 0 Å². The second kappa shape index (κ2) is 7.72. The van der Waals surface area contributed by atoms with Crippen LogP contribution in [0.15, 0.2) is 18.2 Å². The Labute approximate surface area is 139 Å². The number of ketones is 1. The minimum absolute atomic E-state index is 0.00551. The molecule has 1 saturated carbocycles. The molecule has 0 saturated heterocycles. The lowest BCUT2D eigenvalue weighted by Crippen LogP contribution is -2.42. The first kappa shape index (κ1) is 17.7. The first-order valence-electron chi connectivity index (χ1n) is 7.70. The van der Waals surface area contributed by atoms with Crippen molar-refractivity contribution < 1.29 is 28.7 Å². The zero-order valence-electron chi connectivity index (χ0n) is 13.6. The quantitative estimate of drug-likeness (QED) is 0.666. The number of carbonyl (C=O) groups is 4. The molecule has 0 aromatic heterocycles. The van der Waals surface area contributed by atoms with E-state index in [4.69, 9.17) is 9.47 Å². The van der Waals surface area contributed by atoms with Gasteiger partial charge in [0.05, 0.1) is 6.04 Å². The van der Waals surface area contributed by atoms with E-state index in [2.05, 4.69) is 5.32 Å². The third-order valence-electron chi connectivity index (χ3n) is 3.53. The van der Waals surface area contributed by atoms with Gasteiger partial charge in [-0.2, -0.15) is 0 Å². The smallest absolute Gasteiger partial charge is 0.308 e. The molecule has 0 bridgehead atoms. The third kappa shape index (κ3) is 4.91. The second-order valence-electron chi connectivity index (χ2n) is 5.62. The van der Waals surface area contributed by atoms with Gasteiger partial charge in [0.25, 0.3) is 5.91 Å². The molecule has 128 valence electrons. The van der Waals surface area contributed by atoms with Gasteiger partial charge in [0, 0.05) is 31.9 Å². The number of ether oxygens (including phenoxy) is 2. The van der Waals surface area contributed by atoms with Crippen molar-refractivity contribution in [3.05, 3.63) is 23.8 Å². The van der Waals surface area contributed by atoms with Crippen LogP contribution in [0.2, 0.25) is 0 Å². The highest BCUT2D eigenvalue weighted by Crippen LogP contribution is 2.24. The van der Waals surface area contributed by atoms with Crippen LogP contribution in [-0.2, 0) is 14.4 Å². The fraction of sp³-hybridized carbons (Fsp3) is 0.412. The van der Waals surface area contributed by atoms with Crippen molar-refractivity contribution in [3.63, 3.8) is 0 Å². The van der Waals surface area contributed by atoms with Crippen LogP contribution in [-0.4, -0.2) is 29.7 Å². The average molecular weight is 333 g/mol. The fourth-order valence-electron chi connectivity index (χ4n) is 2.53. The Kier molecular flexibility index (Phi) is 5.68. The van der Waals surface area contributed by atoms with Crippen LogP contribution in [0, 0.1) is 0 Å². The van der Waals surface area contributed by atoms with Crippen LogP contribution < -0.4 is 14.8 Å². The molecule has 0 aliphatic heterocycles. The van der Waals surface area contributed by atoms with E-state index in [1.54, 1.807) is 0 Å². The molecule has 1 N–H and O–H groups in total. The maximum atomic E-state index is 12.4. The maximum Gasteiger partial charge on any atom is 0.308 e.